The summed E-state index contributed by atoms with van der Waals surface area (Å²) in [7, 11) is 1.75. The molecule has 1 aromatic carbocycles. The van der Waals surface area contributed by atoms with Crippen LogP contribution in [0.2, 0.25) is 0 Å². The first-order chi connectivity index (χ1) is 9.83. The van der Waals surface area contributed by atoms with Gasteiger partial charge in [0.05, 0.1) is 13.2 Å². The highest BCUT2D eigenvalue weighted by Gasteiger charge is 2.41. The van der Waals surface area contributed by atoms with Crippen molar-refractivity contribution < 1.29 is 4.74 Å². The van der Waals surface area contributed by atoms with Crippen molar-refractivity contribution in [1.82, 2.24) is 5.32 Å². The summed E-state index contributed by atoms with van der Waals surface area (Å²) in [6.45, 7) is 2.21. The van der Waals surface area contributed by atoms with E-state index in [9.17, 15) is 0 Å². The predicted molar refractivity (Wildman–Crippen MR) is 78.5 cm³/mol. The summed E-state index contributed by atoms with van der Waals surface area (Å²) >= 11 is 0. The topological polar surface area (TPSA) is 45.0 Å². The normalized spacial score (nSPS) is 32.4. The molecule has 0 radical (unpaired) electrons. The van der Waals surface area contributed by atoms with E-state index in [4.69, 9.17) is 10.00 Å². The van der Waals surface area contributed by atoms with Gasteiger partial charge in [0.2, 0.25) is 0 Å². The van der Waals surface area contributed by atoms with Crippen molar-refractivity contribution in [3.8, 4) is 11.8 Å². The fourth-order valence-electron chi connectivity index (χ4n) is 4.17. The van der Waals surface area contributed by atoms with Crippen molar-refractivity contribution >= 4 is 0 Å². The molecule has 1 heterocycles. The molecule has 0 bridgehead atoms. The third-order valence-electron chi connectivity index (χ3n) is 5.05. The number of methoxy groups -OCH3 is 1. The molecular weight excluding hydrogens is 248 g/mol. The highest BCUT2D eigenvalue weighted by molar-refractivity contribution is 5.37. The summed E-state index contributed by atoms with van der Waals surface area (Å²) in [4.78, 5) is 0. The summed E-state index contributed by atoms with van der Waals surface area (Å²) < 4.78 is 5.56. The molecule has 3 nitrogen and oxygen atoms in total. The van der Waals surface area contributed by atoms with Crippen LogP contribution in [0.5, 0.6) is 5.75 Å². The summed E-state index contributed by atoms with van der Waals surface area (Å²) in [5.74, 6) is 3.48. The maximum absolute atomic E-state index is 9.03. The van der Waals surface area contributed by atoms with E-state index < -0.39 is 0 Å². The molecule has 1 aromatic rings. The van der Waals surface area contributed by atoms with Gasteiger partial charge >= 0.3 is 0 Å². The smallest absolute Gasteiger partial charge is 0.122 e. The van der Waals surface area contributed by atoms with E-state index in [0.717, 1.165) is 31.2 Å². The molecule has 1 aliphatic heterocycles. The second-order valence-electron chi connectivity index (χ2n) is 6.13. The summed E-state index contributed by atoms with van der Waals surface area (Å²) in [6.07, 6.45) is 3.02. The molecule has 2 aliphatic rings. The number of ether oxygens (including phenoxy) is 1. The molecule has 0 amide bonds. The fraction of sp³-hybridized carbons (Fsp3) is 0.588. The number of hydrogen-bond donors (Lipinski definition) is 1. The van der Waals surface area contributed by atoms with E-state index in [1.165, 1.54) is 12.0 Å². The van der Waals surface area contributed by atoms with Crippen molar-refractivity contribution in [2.24, 2.45) is 17.8 Å². The lowest BCUT2D eigenvalue weighted by Crippen LogP contribution is -2.30. The number of rotatable bonds is 3. The van der Waals surface area contributed by atoms with E-state index in [-0.39, 0.29) is 0 Å². The second kappa shape index (κ2) is 5.85. The molecule has 4 atom stereocenters. The molecule has 0 aromatic heterocycles. The zero-order valence-electron chi connectivity index (χ0n) is 12.0. The number of nitriles is 1. The van der Waals surface area contributed by atoms with Crippen LogP contribution in [0.4, 0.5) is 0 Å². The summed E-state index contributed by atoms with van der Waals surface area (Å²) in [5, 5.41) is 12.6. The Hall–Kier alpha value is -1.53. The molecule has 0 unspecified atom stereocenters. The van der Waals surface area contributed by atoms with Crippen LogP contribution in [0, 0.1) is 29.1 Å². The molecular formula is C17H22N2O. The van der Waals surface area contributed by atoms with Crippen LogP contribution in [-0.2, 0) is 0 Å². The Bertz CT molecular complexity index is 508. The van der Waals surface area contributed by atoms with Crippen LogP contribution in [0.15, 0.2) is 24.3 Å². The van der Waals surface area contributed by atoms with Crippen LogP contribution in [0.1, 0.15) is 30.7 Å². The van der Waals surface area contributed by atoms with E-state index >= 15 is 0 Å². The zero-order valence-corrected chi connectivity index (χ0v) is 12.0. The monoisotopic (exact) mass is 270 g/mol. The van der Waals surface area contributed by atoms with E-state index in [2.05, 4.69) is 29.6 Å². The third-order valence-corrected chi connectivity index (χ3v) is 5.05. The number of para-hydroxylation sites is 1. The van der Waals surface area contributed by atoms with Crippen molar-refractivity contribution in [1.29, 1.82) is 5.26 Å². The molecule has 106 valence electrons. The lowest BCUT2D eigenvalue weighted by molar-refractivity contribution is 0.191. The van der Waals surface area contributed by atoms with Gasteiger partial charge in [-0.05, 0) is 61.2 Å². The highest BCUT2D eigenvalue weighted by Crippen LogP contribution is 2.48. The predicted octanol–water partition coefficient (Wildman–Crippen LogP) is 2.94. The highest BCUT2D eigenvalue weighted by atomic mass is 16.5. The van der Waals surface area contributed by atoms with Gasteiger partial charge in [0, 0.05) is 6.42 Å². The maximum Gasteiger partial charge on any atom is 0.122 e. The maximum atomic E-state index is 9.03. The zero-order chi connectivity index (χ0) is 13.9. The molecule has 3 heteroatoms. The largest absolute Gasteiger partial charge is 0.496 e. The van der Waals surface area contributed by atoms with Gasteiger partial charge in [-0.3, -0.25) is 0 Å². The first-order valence-corrected chi connectivity index (χ1v) is 7.54. The Balaban J connectivity index is 1.90. The van der Waals surface area contributed by atoms with E-state index in [1.54, 1.807) is 7.11 Å². The fourth-order valence-corrected chi connectivity index (χ4v) is 4.17. The van der Waals surface area contributed by atoms with Crippen LogP contribution in [0.3, 0.4) is 0 Å². The molecule has 20 heavy (non-hydrogen) atoms. The Morgan fingerprint density at radius 3 is 2.95 bits per heavy atom. The molecule has 1 saturated carbocycles. The molecule has 1 saturated heterocycles. The minimum absolute atomic E-state index is 0.526. The van der Waals surface area contributed by atoms with Gasteiger partial charge in [-0.1, -0.05) is 18.2 Å². The first-order valence-electron chi connectivity index (χ1n) is 7.54. The molecule has 2 fully saturated rings. The Labute approximate surface area is 120 Å². The quantitative estimate of drug-likeness (QED) is 0.918. The number of benzene rings is 1. The van der Waals surface area contributed by atoms with Crippen LogP contribution in [-0.4, -0.2) is 20.2 Å². The standard InChI is InChI=1S/C17H22N2O/c1-20-17-5-3-2-4-14(17)15-9-12(6-7-18)8-13-10-19-11-16(13)15/h2-5,12-13,15-16,19H,6,8-11H2,1H3/t12-,13+,15-,16-/m1/s1. The SMILES string of the molecule is COc1ccccc1[C@H]1C[C@H](CC#N)C[C@H]2CNC[C@H]21. The second-order valence-corrected chi connectivity index (χ2v) is 6.13. The lowest BCUT2D eigenvalue weighted by Gasteiger charge is -2.38. The van der Waals surface area contributed by atoms with Gasteiger partial charge in [-0.25, -0.2) is 0 Å². The van der Waals surface area contributed by atoms with Crippen molar-refractivity contribution in [2.45, 2.75) is 25.2 Å². The van der Waals surface area contributed by atoms with Crippen LogP contribution >= 0.6 is 0 Å². The van der Waals surface area contributed by atoms with Crippen molar-refractivity contribution in [3.05, 3.63) is 29.8 Å². The average Bonchev–Trinajstić information content (AvgIpc) is 2.95. The van der Waals surface area contributed by atoms with E-state index in [0.29, 0.717) is 24.2 Å². The molecule has 1 aliphatic carbocycles. The van der Waals surface area contributed by atoms with E-state index in [1.807, 2.05) is 6.07 Å². The van der Waals surface area contributed by atoms with Gasteiger partial charge in [-0.2, -0.15) is 5.26 Å². The van der Waals surface area contributed by atoms with Gasteiger partial charge in [0.15, 0.2) is 0 Å². The minimum Gasteiger partial charge on any atom is -0.496 e. The van der Waals surface area contributed by atoms with Gasteiger partial charge in [0.25, 0.3) is 0 Å². The number of nitrogens with zero attached hydrogens (tertiary/aromatic N) is 1. The van der Waals surface area contributed by atoms with Crippen molar-refractivity contribution in [2.75, 3.05) is 20.2 Å². The van der Waals surface area contributed by atoms with Crippen LogP contribution in [0.25, 0.3) is 0 Å². The average molecular weight is 270 g/mol. The Kier molecular flexibility index (Phi) is 3.93. The Morgan fingerprint density at radius 2 is 2.15 bits per heavy atom. The summed E-state index contributed by atoms with van der Waals surface area (Å²) in [6, 6.07) is 10.8. The van der Waals surface area contributed by atoms with Crippen LogP contribution < -0.4 is 10.1 Å². The lowest BCUT2D eigenvalue weighted by atomic mass is 9.66. The summed E-state index contributed by atoms with van der Waals surface area (Å²) in [5.41, 5.74) is 1.33. The minimum atomic E-state index is 0.526. The molecule has 1 N–H and O–H groups in total. The Morgan fingerprint density at radius 1 is 1.30 bits per heavy atom. The first kappa shape index (κ1) is 13.5. The molecule has 3 rings (SSSR count). The molecule has 0 spiro atoms. The third kappa shape index (κ3) is 2.41. The van der Waals surface area contributed by atoms with Gasteiger partial charge in [-0.15, -0.1) is 0 Å². The van der Waals surface area contributed by atoms with Crippen molar-refractivity contribution in [3.63, 3.8) is 0 Å². The number of fused-ring (bicyclic) bond motifs is 1. The van der Waals surface area contributed by atoms with Gasteiger partial charge in [0.1, 0.15) is 5.75 Å². The number of hydrogen-bond acceptors (Lipinski definition) is 3. The number of nitrogens with one attached hydrogen (secondary N) is 1. The van der Waals surface area contributed by atoms with Gasteiger partial charge < -0.3 is 10.1 Å².